The Balaban J connectivity index is 1.79. The van der Waals surface area contributed by atoms with E-state index in [-0.39, 0.29) is 6.04 Å². The summed E-state index contributed by atoms with van der Waals surface area (Å²) in [6.45, 7) is 5.92. The maximum Gasteiger partial charge on any atom is 0.279 e. The van der Waals surface area contributed by atoms with E-state index in [0.29, 0.717) is 38.6 Å². The van der Waals surface area contributed by atoms with Crippen LogP contribution in [0.4, 0.5) is 5.82 Å². The van der Waals surface area contributed by atoms with Crippen molar-refractivity contribution in [3.63, 3.8) is 0 Å². The summed E-state index contributed by atoms with van der Waals surface area (Å²) >= 11 is 0. The molecule has 0 aliphatic carbocycles. The van der Waals surface area contributed by atoms with Crippen LogP contribution in [0.2, 0.25) is 0 Å². The predicted molar refractivity (Wildman–Crippen MR) is 92.5 cm³/mol. The smallest absolute Gasteiger partial charge is 0.279 e. The molecule has 0 unspecified atom stereocenters. The number of fused-ring (bicyclic) bond motifs is 1. The van der Waals surface area contributed by atoms with Crippen LogP contribution in [0.5, 0.6) is 0 Å². The van der Waals surface area contributed by atoms with Gasteiger partial charge < -0.3 is 9.64 Å². The minimum Gasteiger partial charge on any atom is -0.378 e. The maximum atomic E-state index is 12.3. The Kier molecular flexibility index (Phi) is 5.18. The molecule has 11 heteroatoms. The number of anilines is 1. The summed E-state index contributed by atoms with van der Waals surface area (Å²) in [5, 5.41) is 4.22. The molecule has 0 aromatic carbocycles. The van der Waals surface area contributed by atoms with Gasteiger partial charge in [-0.25, -0.2) is 4.98 Å². The highest BCUT2D eigenvalue weighted by molar-refractivity contribution is 7.87. The fourth-order valence-electron chi connectivity index (χ4n) is 2.82. The average Bonchev–Trinajstić information content (AvgIpc) is 3.02. The molecule has 138 valence electrons. The zero-order valence-electron chi connectivity index (χ0n) is 14.6. The van der Waals surface area contributed by atoms with Gasteiger partial charge in [-0.3, -0.25) is 0 Å². The van der Waals surface area contributed by atoms with Crippen LogP contribution in [-0.2, 0) is 21.6 Å². The van der Waals surface area contributed by atoms with Gasteiger partial charge in [0.2, 0.25) is 0 Å². The molecule has 0 amide bonds. The second kappa shape index (κ2) is 7.20. The zero-order valence-corrected chi connectivity index (χ0v) is 15.4. The van der Waals surface area contributed by atoms with E-state index in [9.17, 15) is 8.42 Å². The fraction of sp³-hybridized carbons (Fsp3) is 0.643. The van der Waals surface area contributed by atoms with Crippen molar-refractivity contribution in [1.29, 1.82) is 0 Å². The molecule has 0 saturated carbocycles. The molecule has 0 bridgehead atoms. The van der Waals surface area contributed by atoms with Crippen molar-refractivity contribution >= 4 is 21.8 Å². The number of piperazine rings is 1. The molecular weight excluding hydrogens is 346 g/mol. The third-order valence-corrected chi connectivity index (χ3v) is 5.68. The van der Waals surface area contributed by atoms with Crippen LogP contribution in [0.1, 0.15) is 19.5 Å². The van der Waals surface area contributed by atoms with Crippen LogP contribution in [0.15, 0.2) is 12.4 Å². The minimum absolute atomic E-state index is 0.130. The molecule has 1 N–H and O–H groups in total. The summed E-state index contributed by atoms with van der Waals surface area (Å²) < 4.78 is 35.5. The number of rotatable bonds is 6. The lowest BCUT2D eigenvalue weighted by molar-refractivity contribution is 0.181. The van der Waals surface area contributed by atoms with Gasteiger partial charge in [-0.15, -0.1) is 0 Å². The number of nitrogens with zero attached hydrogens (tertiary/aromatic N) is 6. The summed E-state index contributed by atoms with van der Waals surface area (Å²) in [6, 6.07) is 1.77. The van der Waals surface area contributed by atoms with Gasteiger partial charge >= 0.3 is 0 Å². The molecule has 2 aromatic rings. The van der Waals surface area contributed by atoms with E-state index in [4.69, 9.17) is 4.74 Å². The molecule has 3 rings (SSSR count). The Morgan fingerprint density at radius 3 is 2.64 bits per heavy atom. The number of hydrogen-bond donors (Lipinski definition) is 1. The van der Waals surface area contributed by atoms with Crippen LogP contribution in [0, 0.1) is 0 Å². The first-order chi connectivity index (χ1) is 11.9. The topological polar surface area (TPSA) is 105 Å². The lowest BCUT2D eigenvalue weighted by Gasteiger charge is -2.35. The van der Waals surface area contributed by atoms with Gasteiger partial charge in [0.15, 0.2) is 0 Å². The molecule has 0 spiro atoms. The van der Waals surface area contributed by atoms with Gasteiger partial charge in [0.25, 0.3) is 16.0 Å². The van der Waals surface area contributed by atoms with Crippen LogP contribution < -0.4 is 9.62 Å². The highest BCUT2D eigenvalue weighted by atomic mass is 32.2. The number of nitrogens with one attached hydrogen (secondary N) is 1. The average molecular weight is 369 g/mol. The SMILES string of the molecule is COCc1cc(N2CCN(S(=O)(=O)NC(C)C)CC2)n2ncnc2n1. The van der Waals surface area contributed by atoms with Gasteiger partial charge in [-0.05, 0) is 13.8 Å². The molecule has 1 aliphatic rings. The highest BCUT2D eigenvalue weighted by Gasteiger charge is 2.28. The van der Waals surface area contributed by atoms with E-state index in [2.05, 4.69) is 24.7 Å². The standard InChI is InChI=1S/C14H23N7O3S/c1-11(2)18-25(22,23)20-6-4-19(5-7-20)13-8-12(9-24-3)17-14-15-10-16-21(13)14/h8,10-11,18H,4-7,9H2,1-3H3. The molecule has 1 aliphatic heterocycles. The van der Waals surface area contributed by atoms with Gasteiger partial charge in [-0.1, -0.05) is 0 Å². The summed E-state index contributed by atoms with van der Waals surface area (Å²) in [4.78, 5) is 10.6. The van der Waals surface area contributed by atoms with E-state index in [1.54, 1.807) is 11.6 Å². The molecular formula is C14H23N7O3S. The van der Waals surface area contributed by atoms with E-state index < -0.39 is 10.2 Å². The monoisotopic (exact) mass is 369 g/mol. The summed E-state index contributed by atoms with van der Waals surface area (Å²) in [6.07, 6.45) is 1.45. The molecule has 2 aromatic heterocycles. The highest BCUT2D eigenvalue weighted by Crippen LogP contribution is 2.19. The second-order valence-corrected chi connectivity index (χ2v) is 7.88. The second-order valence-electron chi connectivity index (χ2n) is 6.17. The van der Waals surface area contributed by atoms with Crippen molar-refractivity contribution in [2.75, 3.05) is 38.2 Å². The normalized spacial score (nSPS) is 16.9. The van der Waals surface area contributed by atoms with E-state index in [0.717, 1.165) is 11.5 Å². The Hall–Kier alpha value is -1.82. The first-order valence-electron chi connectivity index (χ1n) is 8.11. The molecule has 0 atom stereocenters. The van der Waals surface area contributed by atoms with Crippen molar-refractivity contribution in [1.82, 2.24) is 28.6 Å². The molecule has 0 radical (unpaired) electrons. The summed E-state index contributed by atoms with van der Waals surface area (Å²) in [7, 11) is -1.84. The third-order valence-electron chi connectivity index (χ3n) is 3.87. The number of methoxy groups -OCH3 is 1. The fourth-order valence-corrected chi connectivity index (χ4v) is 4.21. The Bertz CT molecular complexity index is 828. The quantitative estimate of drug-likeness (QED) is 0.741. The molecule has 1 fully saturated rings. The number of aromatic nitrogens is 4. The van der Waals surface area contributed by atoms with Crippen molar-refractivity contribution in [3.8, 4) is 0 Å². The van der Waals surface area contributed by atoms with Crippen molar-refractivity contribution in [2.45, 2.75) is 26.5 Å². The van der Waals surface area contributed by atoms with Crippen LogP contribution in [-0.4, -0.2) is 71.6 Å². The summed E-state index contributed by atoms with van der Waals surface area (Å²) in [5.74, 6) is 1.34. The molecule has 10 nitrogen and oxygen atoms in total. The van der Waals surface area contributed by atoms with Crippen LogP contribution in [0.3, 0.4) is 0 Å². The van der Waals surface area contributed by atoms with E-state index >= 15 is 0 Å². The lowest BCUT2D eigenvalue weighted by Crippen LogP contribution is -2.53. The number of hydrogen-bond acceptors (Lipinski definition) is 7. The van der Waals surface area contributed by atoms with E-state index in [1.807, 2.05) is 19.9 Å². The first-order valence-corrected chi connectivity index (χ1v) is 9.55. The van der Waals surface area contributed by atoms with Gasteiger partial charge in [0, 0.05) is 45.4 Å². The van der Waals surface area contributed by atoms with Gasteiger partial charge in [-0.2, -0.15) is 32.0 Å². The van der Waals surface area contributed by atoms with Crippen molar-refractivity contribution < 1.29 is 13.2 Å². The lowest BCUT2D eigenvalue weighted by atomic mass is 10.3. The minimum atomic E-state index is -3.45. The van der Waals surface area contributed by atoms with Crippen LogP contribution in [0.25, 0.3) is 5.78 Å². The molecule has 3 heterocycles. The van der Waals surface area contributed by atoms with Crippen molar-refractivity contribution in [2.24, 2.45) is 0 Å². The van der Waals surface area contributed by atoms with Crippen LogP contribution >= 0.6 is 0 Å². The molecule has 25 heavy (non-hydrogen) atoms. The van der Waals surface area contributed by atoms with E-state index in [1.165, 1.54) is 10.6 Å². The number of ether oxygens (including phenoxy) is 1. The Morgan fingerprint density at radius 1 is 1.28 bits per heavy atom. The largest absolute Gasteiger partial charge is 0.378 e. The van der Waals surface area contributed by atoms with Crippen molar-refractivity contribution in [3.05, 3.63) is 18.1 Å². The first kappa shape index (κ1) is 18.0. The third kappa shape index (κ3) is 3.89. The Labute approximate surface area is 147 Å². The Morgan fingerprint density at radius 2 is 2.00 bits per heavy atom. The maximum absolute atomic E-state index is 12.3. The summed E-state index contributed by atoms with van der Waals surface area (Å²) in [5.41, 5.74) is 0.759. The zero-order chi connectivity index (χ0) is 18.0. The van der Waals surface area contributed by atoms with Gasteiger partial charge in [0.1, 0.15) is 12.1 Å². The molecule has 1 saturated heterocycles. The van der Waals surface area contributed by atoms with Gasteiger partial charge in [0.05, 0.1) is 12.3 Å². The predicted octanol–water partition coefficient (Wildman–Crippen LogP) is -0.364.